The van der Waals surface area contributed by atoms with Gasteiger partial charge in [-0.2, -0.15) is 10.1 Å². The highest BCUT2D eigenvalue weighted by atomic mass is 35.5. The molecule has 0 spiro atoms. The fourth-order valence-electron chi connectivity index (χ4n) is 2.95. The molecule has 1 unspecified atom stereocenters. The Labute approximate surface area is 155 Å². The Kier molecular flexibility index (Phi) is 4.50. The van der Waals surface area contributed by atoms with Crippen molar-refractivity contribution in [3.8, 4) is 0 Å². The van der Waals surface area contributed by atoms with E-state index in [1.165, 1.54) is 0 Å². The van der Waals surface area contributed by atoms with E-state index >= 15 is 0 Å². The summed E-state index contributed by atoms with van der Waals surface area (Å²) in [5.41, 5.74) is 2.47. The van der Waals surface area contributed by atoms with Crippen molar-refractivity contribution in [2.45, 2.75) is 32.4 Å². The number of nitrogens with zero attached hydrogens (tertiary/aromatic N) is 4. The Hall–Kier alpha value is -1.89. The van der Waals surface area contributed by atoms with Crippen LogP contribution in [0.25, 0.3) is 10.9 Å². The summed E-state index contributed by atoms with van der Waals surface area (Å²) in [6.07, 6.45) is 6.90. The molecule has 3 aromatic rings. The molecule has 0 aliphatic carbocycles. The molecule has 2 aromatic heterocycles. The molecule has 1 N–H and O–H groups in total. The lowest BCUT2D eigenvalue weighted by atomic mass is 10.1. The van der Waals surface area contributed by atoms with E-state index in [1.54, 1.807) is 12.3 Å². The molecule has 4 rings (SSSR count). The molecule has 0 saturated carbocycles. The third-order valence-electron chi connectivity index (χ3n) is 4.26. The maximum atomic E-state index is 6.19. The number of anilines is 2. The largest absolute Gasteiger partial charge is 0.357 e. The number of benzene rings is 1. The second-order valence-electron chi connectivity index (χ2n) is 6.12. The summed E-state index contributed by atoms with van der Waals surface area (Å²) in [4.78, 5) is 8.57. The van der Waals surface area contributed by atoms with Crippen LogP contribution in [0.15, 0.2) is 24.5 Å². The number of rotatable bonds is 3. The Morgan fingerprint density at radius 3 is 2.92 bits per heavy atom. The Balaban J connectivity index is 1.66. The number of fused-ring (bicyclic) bond motifs is 1. The molecule has 3 heterocycles. The molecular formula is C17H17Cl2N5O. The van der Waals surface area contributed by atoms with Crippen LogP contribution in [0.5, 0.6) is 0 Å². The highest BCUT2D eigenvalue weighted by Gasteiger charge is 2.17. The number of nitrogens with one attached hydrogen (secondary N) is 1. The van der Waals surface area contributed by atoms with Gasteiger partial charge in [-0.25, -0.2) is 9.67 Å². The van der Waals surface area contributed by atoms with Gasteiger partial charge >= 0.3 is 0 Å². The van der Waals surface area contributed by atoms with Crippen molar-refractivity contribution in [2.24, 2.45) is 0 Å². The number of aryl methyl sites for hydroxylation is 1. The lowest BCUT2D eigenvalue weighted by Gasteiger charge is -2.22. The molecule has 8 heteroatoms. The zero-order chi connectivity index (χ0) is 17.4. The maximum Gasteiger partial charge on any atom is 0.224 e. The Bertz CT molecular complexity index is 921. The van der Waals surface area contributed by atoms with Crippen molar-refractivity contribution in [1.82, 2.24) is 19.7 Å². The zero-order valence-corrected chi connectivity index (χ0v) is 15.2. The second-order valence-corrected chi connectivity index (χ2v) is 6.86. The van der Waals surface area contributed by atoms with Crippen LogP contribution in [-0.2, 0) is 4.74 Å². The topological polar surface area (TPSA) is 64.9 Å². The lowest BCUT2D eigenvalue weighted by Crippen LogP contribution is -2.18. The third kappa shape index (κ3) is 3.42. The third-order valence-corrected chi connectivity index (χ3v) is 4.84. The molecule has 0 radical (unpaired) electrons. The summed E-state index contributed by atoms with van der Waals surface area (Å²) in [7, 11) is 0. The van der Waals surface area contributed by atoms with Gasteiger partial charge in [-0.1, -0.05) is 11.6 Å². The summed E-state index contributed by atoms with van der Waals surface area (Å²) >= 11 is 12.3. The van der Waals surface area contributed by atoms with Crippen LogP contribution in [0, 0.1) is 6.92 Å². The number of halogens is 2. The van der Waals surface area contributed by atoms with E-state index < -0.39 is 0 Å². The van der Waals surface area contributed by atoms with E-state index in [2.05, 4.69) is 20.4 Å². The molecule has 1 fully saturated rings. The predicted molar refractivity (Wildman–Crippen MR) is 98.6 cm³/mol. The minimum Gasteiger partial charge on any atom is -0.357 e. The van der Waals surface area contributed by atoms with Crippen LogP contribution < -0.4 is 5.32 Å². The monoisotopic (exact) mass is 377 g/mol. The van der Waals surface area contributed by atoms with Gasteiger partial charge in [-0.15, -0.1) is 0 Å². The number of aromatic nitrogens is 4. The molecule has 1 aromatic carbocycles. The van der Waals surface area contributed by atoms with E-state index in [-0.39, 0.29) is 11.5 Å². The van der Waals surface area contributed by atoms with E-state index in [4.69, 9.17) is 27.9 Å². The van der Waals surface area contributed by atoms with Gasteiger partial charge < -0.3 is 10.1 Å². The number of hydrogen-bond donors (Lipinski definition) is 1. The van der Waals surface area contributed by atoms with Crippen LogP contribution >= 0.6 is 23.2 Å². The summed E-state index contributed by atoms with van der Waals surface area (Å²) in [6.45, 7) is 2.72. The van der Waals surface area contributed by atoms with Crippen LogP contribution in [0.3, 0.4) is 0 Å². The number of ether oxygens (including phenoxy) is 1. The minimum atomic E-state index is -0.00363. The Morgan fingerprint density at radius 2 is 2.12 bits per heavy atom. The van der Waals surface area contributed by atoms with Crippen molar-refractivity contribution >= 4 is 45.6 Å². The van der Waals surface area contributed by atoms with Crippen LogP contribution in [0.4, 0.5) is 11.5 Å². The van der Waals surface area contributed by atoms with Crippen molar-refractivity contribution < 1.29 is 4.74 Å². The first-order valence-electron chi connectivity index (χ1n) is 8.16. The average molecular weight is 378 g/mol. The second kappa shape index (κ2) is 6.78. The van der Waals surface area contributed by atoms with Crippen LogP contribution in [0.2, 0.25) is 10.3 Å². The van der Waals surface area contributed by atoms with E-state index in [1.807, 2.05) is 23.9 Å². The van der Waals surface area contributed by atoms with E-state index in [0.717, 1.165) is 42.5 Å². The van der Waals surface area contributed by atoms with E-state index in [0.29, 0.717) is 16.4 Å². The molecule has 1 saturated heterocycles. The molecule has 0 bridgehead atoms. The fraction of sp³-hybridized carbons (Fsp3) is 0.353. The summed E-state index contributed by atoms with van der Waals surface area (Å²) in [5.74, 6) is 0.624. The molecule has 6 nitrogen and oxygen atoms in total. The van der Waals surface area contributed by atoms with Gasteiger partial charge in [0.15, 0.2) is 0 Å². The van der Waals surface area contributed by atoms with Crippen molar-refractivity contribution in [2.75, 3.05) is 11.9 Å². The molecule has 1 aliphatic rings. The smallest absolute Gasteiger partial charge is 0.224 e. The first-order chi connectivity index (χ1) is 12.1. The van der Waals surface area contributed by atoms with Gasteiger partial charge in [-0.05, 0) is 55.5 Å². The van der Waals surface area contributed by atoms with Gasteiger partial charge in [0.25, 0.3) is 0 Å². The number of hydrogen-bond acceptors (Lipinski definition) is 5. The SMILES string of the molecule is Cc1cc2c(Nc3cnn(C4CCCCO4)c3)nc(Cl)nc2cc1Cl. The van der Waals surface area contributed by atoms with Crippen molar-refractivity contribution in [3.05, 3.63) is 40.4 Å². The predicted octanol–water partition coefficient (Wildman–Crippen LogP) is 4.88. The van der Waals surface area contributed by atoms with Crippen molar-refractivity contribution in [3.63, 3.8) is 0 Å². The normalized spacial score (nSPS) is 17.8. The van der Waals surface area contributed by atoms with Crippen LogP contribution in [-0.4, -0.2) is 26.4 Å². The van der Waals surface area contributed by atoms with Gasteiger partial charge in [0.05, 0.1) is 23.6 Å². The van der Waals surface area contributed by atoms with Gasteiger partial charge in [0.2, 0.25) is 5.28 Å². The molecular weight excluding hydrogens is 361 g/mol. The molecule has 25 heavy (non-hydrogen) atoms. The standard InChI is InChI=1S/C17H17Cl2N5O/c1-10-6-12-14(7-13(10)18)22-17(19)23-16(12)21-11-8-20-24(9-11)15-4-2-3-5-25-15/h6-9,15H,2-5H2,1H3,(H,21,22,23). The first-order valence-corrected chi connectivity index (χ1v) is 8.92. The van der Waals surface area contributed by atoms with Gasteiger partial charge in [-0.3, -0.25) is 0 Å². The quantitative estimate of drug-likeness (QED) is 0.658. The summed E-state index contributed by atoms with van der Waals surface area (Å²) < 4.78 is 7.60. The van der Waals surface area contributed by atoms with Gasteiger partial charge in [0, 0.05) is 17.0 Å². The summed E-state index contributed by atoms with van der Waals surface area (Å²) in [5, 5.41) is 9.35. The fourth-order valence-corrected chi connectivity index (χ4v) is 3.29. The van der Waals surface area contributed by atoms with Crippen molar-refractivity contribution in [1.29, 1.82) is 0 Å². The highest BCUT2D eigenvalue weighted by molar-refractivity contribution is 6.32. The molecule has 1 aliphatic heterocycles. The van der Waals surface area contributed by atoms with E-state index in [9.17, 15) is 0 Å². The maximum absolute atomic E-state index is 6.19. The molecule has 0 amide bonds. The highest BCUT2D eigenvalue weighted by Crippen LogP contribution is 2.30. The lowest BCUT2D eigenvalue weighted by molar-refractivity contribution is -0.0394. The van der Waals surface area contributed by atoms with Gasteiger partial charge in [0.1, 0.15) is 12.0 Å². The average Bonchev–Trinajstić information content (AvgIpc) is 3.06. The summed E-state index contributed by atoms with van der Waals surface area (Å²) in [6, 6.07) is 3.75. The zero-order valence-electron chi connectivity index (χ0n) is 13.7. The molecule has 130 valence electrons. The molecule has 1 atom stereocenters. The van der Waals surface area contributed by atoms with Crippen LogP contribution in [0.1, 0.15) is 31.1 Å². The minimum absolute atomic E-state index is 0.00363. The first kappa shape index (κ1) is 16.6. The Morgan fingerprint density at radius 1 is 1.24 bits per heavy atom.